The standard InChI is InChI=1S/C38H61NO9/c1-20(2)11-10-16-37(8,46)32-24(47-33-29(39-21(3)41)31(45)30(44)25(19-40)48-33)17-35(6)26-14-12-22-23(13-15-27(42)34(22,4)5)38(26,9)28(43)18-36(32,35)7/h11-12,23-27,29-33,40,42,44-46H,10,13-19H2,1-9H3,(H,39,41)/t23-,24-,25-,26+,27+,29-,30-,31-,32+,33-,35+,36-,37+,38+/m1/s1. The van der Waals surface area contributed by atoms with Crippen molar-refractivity contribution in [3.05, 3.63) is 23.3 Å². The molecule has 48 heavy (non-hydrogen) atoms. The molecule has 6 N–H and O–H groups in total. The molecule has 1 heterocycles. The maximum atomic E-state index is 14.8. The molecule has 0 aromatic carbocycles. The van der Waals surface area contributed by atoms with E-state index >= 15 is 0 Å². The monoisotopic (exact) mass is 675 g/mol. The smallest absolute Gasteiger partial charge is 0.217 e. The number of ketones is 1. The van der Waals surface area contributed by atoms with E-state index in [1.54, 1.807) is 0 Å². The Morgan fingerprint density at radius 1 is 1.08 bits per heavy atom. The number of hydrogen-bond acceptors (Lipinski definition) is 9. The number of amides is 1. The van der Waals surface area contributed by atoms with Crippen LogP contribution in [0.15, 0.2) is 23.3 Å². The highest BCUT2D eigenvalue weighted by Gasteiger charge is 2.74. The predicted molar refractivity (Wildman–Crippen MR) is 180 cm³/mol. The molecule has 272 valence electrons. The van der Waals surface area contributed by atoms with Crippen molar-refractivity contribution >= 4 is 11.7 Å². The van der Waals surface area contributed by atoms with Crippen molar-refractivity contribution in [2.45, 2.75) is 156 Å². The largest absolute Gasteiger partial charge is 0.394 e. The SMILES string of the molecule is CC(=O)N[C@H]1[C@H](O[C@@H]2C[C@@]3(C)[C@@H]4CC=C5[C@@H](CC[C@H](O)C5(C)C)[C@]4(C)C(=O)C[C@]3(C)[C@H]2[C@@](C)(O)CCC=C(C)C)O[C@H](CO)[C@@H](O)[C@@H]1O. The van der Waals surface area contributed by atoms with Gasteiger partial charge in [0.15, 0.2) is 6.29 Å². The van der Waals surface area contributed by atoms with Gasteiger partial charge in [-0.15, -0.1) is 0 Å². The Bertz CT molecular complexity index is 1320. The second-order valence-electron chi connectivity index (χ2n) is 17.5. The van der Waals surface area contributed by atoms with Gasteiger partial charge in [0.2, 0.25) is 5.91 Å². The number of nitrogens with one attached hydrogen (secondary N) is 1. The third kappa shape index (κ3) is 5.75. The predicted octanol–water partition coefficient (Wildman–Crippen LogP) is 3.57. The summed E-state index contributed by atoms with van der Waals surface area (Å²) < 4.78 is 12.9. The van der Waals surface area contributed by atoms with E-state index in [9.17, 15) is 35.1 Å². The summed E-state index contributed by atoms with van der Waals surface area (Å²) in [6.45, 7) is 17.3. The highest BCUT2D eigenvalue weighted by molar-refractivity contribution is 5.88. The van der Waals surface area contributed by atoms with Crippen molar-refractivity contribution in [2.24, 2.45) is 39.4 Å². The van der Waals surface area contributed by atoms with E-state index in [1.165, 1.54) is 12.5 Å². The van der Waals surface area contributed by atoms with Crippen LogP contribution >= 0.6 is 0 Å². The van der Waals surface area contributed by atoms with E-state index in [0.717, 1.165) is 12.0 Å². The van der Waals surface area contributed by atoms with Gasteiger partial charge in [0.1, 0.15) is 30.1 Å². The normalized spacial score (nSPS) is 46.4. The van der Waals surface area contributed by atoms with Gasteiger partial charge in [0, 0.05) is 30.1 Å². The number of fused-ring (bicyclic) bond motifs is 5. The van der Waals surface area contributed by atoms with Crippen LogP contribution in [-0.2, 0) is 19.1 Å². The highest BCUT2D eigenvalue weighted by Crippen LogP contribution is 2.74. The minimum absolute atomic E-state index is 0.00731. The first-order valence-corrected chi connectivity index (χ1v) is 18.0. The first-order chi connectivity index (χ1) is 22.2. The first kappa shape index (κ1) is 37.6. The van der Waals surface area contributed by atoms with Crippen LogP contribution in [0.4, 0.5) is 0 Å². The van der Waals surface area contributed by atoms with E-state index in [0.29, 0.717) is 32.1 Å². The summed E-state index contributed by atoms with van der Waals surface area (Å²) in [6, 6.07) is -1.12. The fraction of sp³-hybridized carbons (Fsp3) is 0.842. The number of carbonyl (C=O) groups excluding carboxylic acids is 2. The van der Waals surface area contributed by atoms with Gasteiger partial charge in [-0.3, -0.25) is 9.59 Å². The Morgan fingerprint density at radius 2 is 1.75 bits per heavy atom. The number of carbonyl (C=O) groups is 2. The first-order valence-electron chi connectivity index (χ1n) is 18.0. The zero-order chi connectivity index (χ0) is 35.8. The Balaban J connectivity index is 1.60. The van der Waals surface area contributed by atoms with Crippen molar-refractivity contribution in [2.75, 3.05) is 6.61 Å². The van der Waals surface area contributed by atoms with Crippen LogP contribution in [0.3, 0.4) is 0 Å². The van der Waals surface area contributed by atoms with Gasteiger partial charge in [-0.1, -0.05) is 57.9 Å². The number of aliphatic hydroxyl groups is 5. The number of aliphatic hydroxyl groups excluding tert-OH is 4. The summed E-state index contributed by atoms with van der Waals surface area (Å²) in [5.74, 6) is -0.835. The lowest BCUT2D eigenvalue weighted by Gasteiger charge is -2.65. The molecule has 0 unspecified atom stereocenters. The van der Waals surface area contributed by atoms with E-state index < -0.39 is 88.5 Å². The maximum absolute atomic E-state index is 14.8. The minimum atomic E-state index is -1.46. The number of allylic oxidation sites excluding steroid dienone is 3. The topological polar surface area (TPSA) is 166 Å². The average molecular weight is 676 g/mol. The third-order valence-corrected chi connectivity index (χ3v) is 14.0. The van der Waals surface area contributed by atoms with Crippen LogP contribution in [0, 0.1) is 39.4 Å². The van der Waals surface area contributed by atoms with Crippen LogP contribution in [-0.4, -0.2) is 92.3 Å². The molecule has 4 aliphatic carbocycles. The van der Waals surface area contributed by atoms with Crippen LogP contribution < -0.4 is 5.32 Å². The average Bonchev–Trinajstić information content (AvgIpc) is 3.20. The van der Waals surface area contributed by atoms with Gasteiger partial charge < -0.3 is 40.3 Å². The number of Topliss-reactive ketones (excluding diaryl/α,β-unsaturated/α-hetero) is 1. The number of ether oxygens (including phenoxy) is 2. The van der Waals surface area contributed by atoms with Gasteiger partial charge in [-0.25, -0.2) is 0 Å². The lowest BCUT2D eigenvalue weighted by Crippen LogP contribution is -2.65. The van der Waals surface area contributed by atoms with Crippen molar-refractivity contribution in [1.82, 2.24) is 5.32 Å². The molecule has 4 fully saturated rings. The third-order valence-electron chi connectivity index (χ3n) is 14.0. The summed E-state index contributed by atoms with van der Waals surface area (Å²) in [4.78, 5) is 27.1. The maximum Gasteiger partial charge on any atom is 0.217 e. The second-order valence-corrected chi connectivity index (χ2v) is 17.5. The Hall–Kier alpha value is -1.66. The highest BCUT2D eigenvalue weighted by atomic mass is 16.7. The van der Waals surface area contributed by atoms with Crippen LogP contribution in [0.2, 0.25) is 0 Å². The molecule has 0 aromatic heterocycles. The van der Waals surface area contributed by atoms with Gasteiger partial charge in [0.25, 0.3) is 0 Å². The lowest BCUT2D eigenvalue weighted by molar-refractivity contribution is -0.291. The molecule has 0 aromatic rings. The fourth-order valence-corrected chi connectivity index (χ4v) is 11.2. The minimum Gasteiger partial charge on any atom is -0.394 e. The lowest BCUT2D eigenvalue weighted by atomic mass is 9.38. The van der Waals surface area contributed by atoms with Gasteiger partial charge in [-0.2, -0.15) is 0 Å². The van der Waals surface area contributed by atoms with E-state index in [1.807, 2.05) is 20.8 Å². The molecule has 0 radical (unpaired) electrons. The molecule has 14 atom stereocenters. The van der Waals surface area contributed by atoms with Gasteiger partial charge in [0.05, 0.1) is 24.4 Å². The summed E-state index contributed by atoms with van der Waals surface area (Å²) >= 11 is 0. The summed E-state index contributed by atoms with van der Waals surface area (Å²) in [7, 11) is 0. The fourth-order valence-electron chi connectivity index (χ4n) is 11.2. The van der Waals surface area contributed by atoms with Crippen molar-refractivity contribution < 1.29 is 44.6 Å². The summed E-state index contributed by atoms with van der Waals surface area (Å²) in [6.07, 6.45) is 1.86. The molecule has 1 saturated heterocycles. The van der Waals surface area contributed by atoms with Gasteiger partial charge >= 0.3 is 0 Å². The van der Waals surface area contributed by atoms with Crippen molar-refractivity contribution in [3.63, 3.8) is 0 Å². The van der Waals surface area contributed by atoms with Crippen LogP contribution in [0.25, 0.3) is 0 Å². The quantitative estimate of drug-likeness (QED) is 0.211. The van der Waals surface area contributed by atoms with Crippen molar-refractivity contribution in [1.29, 1.82) is 0 Å². The van der Waals surface area contributed by atoms with E-state index in [-0.39, 0.29) is 24.0 Å². The molecule has 1 amide bonds. The molecule has 5 aliphatic rings. The van der Waals surface area contributed by atoms with E-state index in [2.05, 4.69) is 52.1 Å². The molecule has 1 aliphatic heterocycles. The molecular weight excluding hydrogens is 614 g/mol. The molecule has 10 heteroatoms. The number of rotatable bonds is 8. The summed E-state index contributed by atoms with van der Waals surface area (Å²) in [5.41, 5.74) is -1.19. The van der Waals surface area contributed by atoms with Gasteiger partial charge in [-0.05, 0) is 82.0 Å². The molecule has 0 spiro atoms. The zero-order valence-corrected chi connectivity index (χ0v) is 30.5. The molecule has 0 bridgehead atoms. The Labute approximate surface area is 286 Å². The van der Waals surface area contributed by atoms with Crippen LogP contribution in [0.1, 0.15) is 107 Å². The Morgan fingerprint density at radius 3 is 2.35 bits per heavy atom. The summed E-state index contributed by atoms with van der Waals surface area (Å²) in [5, 5.41) is 57.9. The number of hydrogen-bond donors (Lipinski definition) is 6. The Kier molecular flexibility index (Phi) is 10.1. The molecule has 10 nitrogen and oxygen atoms in total. The van der Waals surface area contributed by atoms with Crippen LogP contribution in [0.5, 0.6) is 0 Å². The van der Waals surface area contributed by atoms with Crippen molar-refractivity contribution in [3.8, 4) is 0 Å². The molecule has 3 saturated carbocycles. The molecular formula is C38H61NO9. The second kappa shape index (κ2) is 12.8. The van der Waals surface area contributed by atoms with E-state index in [4.69, 9.17) is 9.47 Å². The zero-order valence-electron chi connectivity index (χ0n) is 30.5. The molecule has 5 rings (SSSR count).